The van der Waals surface area contributed by atoms with Crippen LogP contribution in [0.5, 0.6) is 5.75 Å². The molecular weight excluding hydrogens is 290 g/mol. The molecule has 0 saturated carbocycles. The van der Waals surface area contributed by atoms with Crippen LogP contribution in [0.3, 0.4) is 0 Å². The molecule has 1 aromatic heterocycles. The van der Waals surface area contributed by atoms with Gasteiger partial charge in [-0.3, -0.25) is 9.78 Å². The van der Waals surface area contributed by atoms with Crippen molar-refractivity contribution in [3.8, 4) is 5.75 Å². The second kappa shape index (κ2) is 6.27. The number of benzene rings is 2. The van der Waals surface area contributed by atoms with Crippen molar-refractivity contribution in [3.63, 3.8) is 0 Å². The van der Waals surface area contributed by atoms with Gasteiger partial charge in [0.2, 0.25) is 0 Å². The molecule has 1 heterocycles. The summed E-state index contributed by atoms with van der Waals surface area (Å²) in [4.78, 5) is 16.7. The van der Waals surface area contributed by atoms with Gasteiger partial charge in [0.1, 0.15) is 5.75 Å². The van der Waals surface area contributed by atoms with Crippen molar-refractivity contribution in [2.45, 2.75) is 6.92 Å². The summed E-state index contributed by atoms with van der Waals surface area (Å²) in [6.45, 7) is 1.79. The smallest absolute Gasteiger partial charge is 0.273 e. The number of nitrogens with one attached hydrogen (secondary N) is 1. The minimum atomic E-state index is -0.340. The minimum Gasteiger partial charge on any atom is -0.507 e. The van der Waals surface area contributed by atoms with Crippen molar-refractivity contribution in [2.24, 2.45) is 5.10 Å². The van der Waals surface area contributed by atoms with E-state index in [4.69, 9.17) is 0 Å². The molecule has 5 nitrogen and oxygen atoms in total. The third kappa shape index (κ3) is 3.18. The molecule has 23 heavy (non-hydrogen) atoms. The molecule has 3 aromatic rings. The van der Waals surface area contributed by atoms with Crippen LogP contribution in [0.2, 0.25) is 0 Å². The Kier molecular flexibility index (Phi) is 4.01. The van der Waals surface area contributed by atoms with Crippen molar-refractivity contribution in [2.75, 3.05) is 0 Å². The Balaban J connectivity index is 1.81. The molecule has 114 valence electrons. The van der Waals surface area contributed by atoms with Crippen LogP contribution >= 0.6 is 0 Å². The summed E-state index contributed by atoms with van der Waals surface area (Å²) in [5, 5.41) is 14.4. The van der Waals surface area contributed by atoms with Gasteiger partial charge in [-0.15, -0.1) is 0 Å². The van der Waals surface area contributed by atoms with E-state index in [1.807, 2.05) is 24.3 Å². The number of hydrogen-bond acceptors (Lipinski definition) is 4. The highest BCUT2D eigenvalue weighted by Gasteiger charge is 2.10. The number of aryl methyl sites for hydroxylation is 1. The van der Waals surface area contributed by atoms with Gasteiger partial charge >= 0.3 is 0 Å². The first kappa shape index (κ1) is 14.7. The number of aromatic nitrogens is 1. The van der Waals surface area contributed by atoms with E-state index in [0.29, 0.717) is 16.8 Å². The molecule has 0 aliphatic carbocycles. The van der Waals surface area contributed by atoms with E-state index in [1.165, 1.54) is 6.21 Å². The van der Waals surface area contributed by atoms with Gasteiger partial charge in [0.25, 0.3) is 5.91 Å². The summed E-state index contributed by atoms with van der Waals surface area (Å²) in [6, 6.07) is 16.2. The second-order valence-electron chi connectivity index (χ2n) is 5.07. The van der Waals surface area contributed by atoms with E-state index in [9.17, 15) is 9.90 Å². The highest BCUT2D eigenvalue weighted by atomic mass is 16.3. The van der Waals surface area contributed by atoms with E-state index in [0.717, 1.165) is 10.9 Å². The number of hydrogen-bond donors (Lipinski definition) is 2. The van der Waals surface area contributed by atoms with Crippen LogP contribution in [0.4, 0.5) is 0 Å². The molecule has 0 unspecified atom stereocenters. The molecule has 0 radical (unpaired) electrons. The first-order valence-corrected chi connectivity index (χ1v) is 7.13. The van der Waals surface area contributed by atoms with Gasteiger partial charge in [-0.1, -0.05) is 30.3 Å². The molecule has 0 bridgehead atoms. The van der Waals surface area contributed by atoms with Crippen LogP contribution in [-0.4, -0.2) is 22.2 Å². The zero-order chi connectivity index (χ0) is 16.2. The average molecular weight is 305 g/mol. The number of carbonyl (C=O) groups is 1. The van der Waals surface area contributed by atoms with Crippen LogP contribution in [0.15, 0.2) is 59.7 Å². The summed E-state index contributed by atoms with van der Waals surface area (Å²) in [7, 11) is 0. The van der Waals surface area contributed by atoms with Crippen molar-refractivity contribution >= 4 is 23.0 Å². The van der Waals surface area contributed by atoms with Gasteiger partial charge in [-0.05, 0) is 31.2 Å². The lowest BCUT2D eigenvalue weighted by molar-refractivity contribution is 0.0954. The number of para-hydroxylation sites is 2. The first-order valence-electron chi connectivity index (χ1n) is 7.13. The van der Waals surface area contributed by atoms with Crippen LogP contribution in [0.25, 0.3) is 10.9 Å². The average Bonchev–Trinajstić information content (AvgIpc) is 2.56. The maximum atomic E-state index is 12.3. The predicted octanol–water partition coefficient (Wildman–Crippen LogP) is 3.01. The third-order valence-electron chi connectivity index (χ3n) is 3.47. The van der Waals surface area contributed by atoms with Crippen LogP contribution in [0, 0.1) is 6.92 Å². The fourth-order valence-corrected chi connectivity index (χ4v) is 2.26. The number of amides is 1. The third-order valence-corrected chi connectivity index (χ3v) is 3.47. The normalized spacial score (nSPS) is 11.0. The molecule has 0 spiro atoms. The fourth-order valence-electron chi connectivity index (χ4n) is 2.26. The lowest BCUT2D eigenvalue weighted by Gasteiger charge is -2.06. The molecule has 5 heteroatoms. The summed E-state index contributed by atoms with van der Waals surface area (Å²) >= 11 is 0. The highest BCUT2D eigenvalue weighted by molar-refractivity contribution is 5.99. The van der Waals surface area contributed by atoms with Crippen molar-refractivity contribution in [1.29, 1.82) is 0 Å². The number of phenols is 1. The Labute approximate surface area is 133 Å². The first-order chi connectivity index (χ1) is 11.1. The number of fused-ring (bicyclic) bond motifs is 1. The second-order valence-corrected chi connectivity index (χ2v) is 5.07. The molecule has 0 fully saturated rings. The van der Waals surface area contributed by atoms with Gasteiger partial charge in [-0.25, -0.2) is 5.43 Å². The predicted molar refractivity (Wildman–Crippen MR) is 89.6 cm³/mol. The maximum absolute atomic E-state index is 12.3. The molecule has 0 aliphatic heterocycles. The fraction of sp³-hybridized carbons (Fsp3) is 0.0556. The summed E-state index contributed by atoms with van der Waals surface area (Å²) < 4.78 is 0. The molecule has 1 amide bonds. The van der Waals surface area contributed by atoms with E-state index in [1.54, 1.807) is 37.3 Å². The van der Waals surface area contributed by atoms with Crippen LogP contribution in [0.1, 0.15) is 21.6 Å². The number of rotatable bonds is 3. The number of hydrazone groups is 1. The Hall–Kier alpha value is -3.21. The Bertz CT molecular complexity index is 904. The Morgan fingerprint density at radius 1 is 1.17 bits per heavy atom. The molecule has 3 rings (SSSR count). The number of phenolic OH excluding ortho intramolecular Hbond substituents is 1. The number of carbonyl (C=O) groups excluding carboxylic acids is 1. The maximum Gasteiger partial charge on any atom is 0.273 e. The Morgan fingerprint density at radius 3 is 2.74 bits per heavy atom. The molecule has 0 atom stereocenters. The summed E-state index contributed by atoms with van der Waals surface area (Å²) in [5.74, 6) is -0.235. The SMILES string of the molecule is Cc1nc2ccccc2cc1C(=O)N/N=C/c1ccccc1O. The van der Waals surface area contributed by atoms with E-state index in [2.05, 4.69) is 15.5 Å². The quantitative estimate of drug-likeness (QED) is 0.577. The molecule has 2 aromatic carbocycles. The zero-order valence-corrected chi connectivity index (χ0v) is 12.5. The van der Waals surface area contributed by atoms with E-state index < -0.39 is 0 Å². The topological polar surface area (TPSA) is 74.6 Å². The van der Waals surface area contributed by atoms with Gasteiger partial charge in [0.15, 0.2) is 0 Å². The van der Waals surface area contributed by atoms with Crippen LogP contribution in [-0.2, 0) is 0 Å². The van der Waals surface area contributed by atoms with E-state index in [-0.39, 0.29) is 11.7 Å². The molecule has 2 N–H and O–H groups in total. The molecular formula is C18H15N3O2. The van der Waals surface area contributed by atoms with Crippen molar-refractivity contribution in [1.82, 2.24) is 10.4 Å². The summed E-state index contributed by atoms with van der Waals surface area (Å²) in [6.07, 6.45) is 1.40. The number of aromatic hydroxyl groups is 1. The van der Waals surface area contributed by atoms with Gasteiger partial charge < -0.3 is 5.11 Å². The molecule has 0 aliphatic rings. The van der Waals surface area contributed by atoms with E-state index >= 15 is 0 Å². The van der Waals surface area contributed by atoms with Crippen LogP contribution < -0.4 is 5.43 Å². The standard InChI is InChI=1S/C18H15N3O2/c1-12-15(10-13-6-2-4-8-16(13)20-12)18(23)21-19-11-14-7-3-5-9-17(14)22/h2-11,22H,1H3,(H,21,23)/b19-11+. The monoisotopic (exact) mass is 305 g/mol. The number of nitrogens with zero attached hydrogens (tertiary/aromatic N) is 2. The highest BCUT2D eigenvalue weighted by Crippen LogP contribution is 2.16. The van der Waals surface area contributed by atoms with Gasteiger partial charge in [0, 0.05) is 10.9 Å². The zero-order valence-electron chi connectivity index (χ0n) is 12.5. The molecule has 0 saturated heterocycles. The van der Waals surface area contributed by atoms with Crippen molar-refractivity contribution < 1.29 is 9.90 Å². The number of pyridine rings is 1. The lowest BCUT2D eigenvalue weighted by Crippen LogP contribution is -2.19. The minimum absolute atomic E-state index is 0.106. The van der Waals surface area contributed by atoms with Gasteiger partial charge in [-0.2, -0.15) is 5.10 Å². The largest absolute Gasteiger partial charge is 0.507 e. The lowest BCUT2D eigenvalue weighted by atomic mass is 10.1. The summed E-state index contributed by atoms with van der Waals surface area (Å²) in [5.41, 5.74) is 4.94. The Morgan fingerprint density at radius 2 is 1.91 bits per heavy atom. The van der Waals surface area contributed by atoms with Crippen molar-refractivity contribution in [3.05, 3.63) is 71.4 Å². The van der Waals surface area contributed by atoms with Gasteiger partial charge in [0.05, 0.1) is 23.0 Å².